The highest BCUT2D eigenvalue weighted by atomic mass is 19.1. The van der Waals surface area contributed by atoms with E-state index in [-0.39, 0.29) is 12.1 Å². The molecule has 0 spiro atoms. The molecule has 128 valence electrons. The third kappa shape index (κ3) is 3.99. The number of nitrogens with zero attached hydrogens (tertiary/aromatic N) is 2. The summed E-state index contributed by atoms with van der Waals surface area (Å²) in [7, 11) is 0. The zero-order valence-electron chi connectivity index (χ0n) is 13.1. The van der Waals surface area contributed by atoms with Gasteiger partial charge in [0.15, 0.2) is 0 Å². The van der Waals surface area contributed by atoms with E-state index in [0.29, 0.717) is 17.1 Å². The van der Waals surface area contributed by atoms with Gasteiger partial charge in [0.25, 0.3) is 0 Å². The van der Waals surface area contributed by atoms with Crippen LogP contribution in [0.25, 0.3) is 11.4 Å². The van der Waals surface area contributed by atoms with Crippen molar-refractivity contribution in [3.63, 3.8) is 0 Å². The van der Waals surface area contributed by atoms with Gasteiger partial charge in [-0.3, -0.25) is 10.1 Å². The van der Waals surface area contributed by atoms with E-state index in [1.165, 1.54) is 24.4 Å². The van der Waals surface area contributed by atoms with Gasteiger partial charge in [-0.1, -0.05) is 24.3 Å². The van der Waals surface area contributed by atoms with E-state index >= 15 is 0 Å². The molecule has 1 aromatic carbocycles. The lowest BCUT2D eigenvalue weighted by atomic mass is 10.1. The first-order valence-electron chi connectivity index (χ1n) is 7.57. The first-order valence-corrected chi connectivity index (χ1v) is 7.57. The molecule has 3 rings (SSSR count). The smallest absolute Gasteiger partial charge is 0.319 e. The second-order valence-electron chi connectivity index (χ2n) is 5.25. The number of aromatic nitrogens is 3. The Morgan fingerprint density at radius 2 is 2.04 bits per heavy atom. The normalized spacial score (nSPS) is 11.8. The Balaban J connectivity index is 1.61. The van der Waals surface area contributed by atoms with Crippen LogP contribution in [-0.4, -0.2) is 32.9 Å². The summed E-state index contributed by atoms with van der Waals surface area (Å²) < 4.78 is 13.6. The van der Waals surface area contributed by atoms with Crippen LogP contribution in [0.1, 0.15) is 11.7 Å². The number of urea groups is 1. The van der Waals surface area contributed by atoms with Crippen LogP contribution in [-0.2, 0) is 0 Å². The van der Waals surface area contributed by atoms with E-state index in [0.717, 1.165) is 0 Å². The van der Waals surface area contributed by atoms with Crippen LogP contribution in [0.2, 0.25) is 0 Å². The number of benzene rings is 1. The molecule has 1 unspecified atom stereocenters. The standard InChI is InChI=1S/C17H16FN5O2/c18-12-6-2-1-5-11(12)15(24)10-20-17(25)22-14-9-21-23-16(14)13-7-3-4-8-19-13/h1-9,15,24H,10H2,(H,21,23)(H2,20,22,25). The van der Waals surface area contributed by atoms with Crippen LogP contribution < -0.4 is 10.6 Å². The fourth-order valence-corrected chi connectivity index (χ4v) is 2.30. The fraction of sp³-hybridized carbons (Fsp3) is 0.118. The van der Waals surface area contributed by atoms with Crippen molar-refractivity contribution in [1.29, 1.82) is 0 Å². The first kappa shape index (κ1) is 16.6. The number of amides is 2. The SMILES string of the molecule is O=C(NCC(O)c1ccccc1F)Nc1cn[nH]c1-c1ccccn1. The number of pyridine rings is 1. The fourth-order valence-electron chi connectivity index (χ4n) is 2.30. The molecule has 3 aromatic rings. The minimum Gasteiger partial charge on any atom is -0.386 e. The lowest BCUT2D eigenvalue weighted by molar-refractivity contribution is 0.170. The molecule has 0 aliphatic rings. The van der Waals surface area contributed by atoms with E-state index in [4.69, 9.17) is 0 Å². The van der Waals surface area contributed by atoms with Gasteiger partial charge in [-0.25, -0.2) is 9.18 Å². The summed E-state index contributed by atoms with van der Waals surface area (Å²) in [5.41, 5.74) is 1.75. The molecule has 0 radical (unpaired) electrons. The lowest BCUT2D eigenvalue weighted by Crippen LogP contribution is -2.32. The summed E-state index contributed by atoms with van der Waals surface area (Å²) in [6, 6.07) is 10.7. The van der Waals surface area contributed by atoms with Gasteiger partial charge in [0, 0.05) is 18.3 Å². The third-order valence-electron chi connectivity index (χ3n) is 3.53. The van der Waals surface area contributed by atoms with Crippen molar-refractivity contribution in [1.82, 2.24) is 20.5 Å². The molecular weight excluding hydrogens is 325 g/mol. The van der Waals surface area contributed by atoms with Crippen LogP contribution >= 0.6 is 0 Å². The molecule has 0 aliphatic heterocycles. The molecule has 4 N–H and O–H groups in total. The molecule has 7 nitrogen and oxygen atoms in total. The second-order valence-corrected chi connectivity index (χ2v) is 5.25. The van der Waals surface area contributed by atoms with Crippen LogP contribution in [0.3, 0.4) is 0 Å². The molecule has 0 saturated carbocycles. The number of aliphatic hydroxyl groups excluding tert-OH is 1. The lowest BCUT2D eigenvalue weighted by Gasteiger charge is -2.13. The molecule has 0 saturated heterocycles. The highest BCUT2D eigenvalue weighted by Gasteiger charge is 2.15. The molecule has 0 bridgehead atoms. The Kier molecular flexibility index (Phi) is 5.00. The van der Waals surface area contributed by atoms with E-state index < -0.39 is 18.0 Å². The number of aromatic amines is 1. The van der Waals surface area contributed by atoms with E-state index in [1.54, 1.807) is 24.4 Å². The molecule has 2 amide bonds. The first-order chi connectivity index (χ1) is 12.1. The Bertz CT molecular complexity index is 853. The average Bonchev–Trinajstić information content (AvgIpc) is 3.09. The molecule has 2 aromatic heterocycles. The minimum atomic E-state index is -1.15. The van der Waals surface area contributed by atoms with Crippen molar-refractivity contribution in [3.05, 3.63) is 66.2 Å². The summed E-state index contributed by atoms with van der Waals surface area (Å²) in [6.07, 6.45) is 1.94. The molecule has 8 heteroatoms. The number of H-pyrrole nitrogens is 1. The van der Waals surface area contributed by atoms with Crippen LogP contribution in [0.4, 0.5) is 14.9 Å². The van der Waals surface area contributed by atoms with Gasteiger partial charge in [-0.2, -0.15) is 5.10 Å². The summed E-state index contributed by atoms with van der Waals surface area (Å²) in [5.74, 6) is -0.524. The van der Waals surface area contributed by atoms with Gasteiger partial charge in [0.1, 0.15) is 11.5 Å². The molecule has 1 atom stereocenters. The molecule has 0 aliphatic carbocycles. The van der Waals surface area contributed by atoms with Crippen molar-refractivity contribution in [3.8, 4) is 11.4 Å². The van der Waals surface area contributed by atoms with E-state index in [9.17, 15) is 14.3 Å². The summed E-state index contributed by atoms with van der Waals surface area (Å²) in [4.78, 5) is 16.2. The minimum absolute atomic E-state index is 0.125. The Labute approximate surface area is 142 Å². The van der Waals surface area contributed by atoms with Gasteiger partial charge in [0.05, 0.1) is 23.7 Å². The third-order valence-corrected chi connectivity index (χ3v) is 3.53. The molecule has 25 heavy (non-hydrogen) atoms. The van der Waals surface area contributed by atoms with Gasteiger partial charge >= 0.3 is 6.03 Å². The van der Waals surface area contributed by atoms with Crippen molar-refractivity contribution in [2.24, 2.45) is 0 Å². The number of rotatable bonds is 5. The van der Waals surface area contributed by atoms with Crippen molar-refractivity contribution >= 4 is 11.7 Å². The Hall–Kier alpha value is -3.26. The Morgan fingerprint density at radius 1 is 1.24 bits per heavy atom. The Morgan fingerprint density at radius 3 is 2.80 bits per heavy atom. The van der Waals surface area contributed by atoms with E-state index in [1.807, 2.05) is 6.07 Å². The predicted molar refractivity (Wildman–Crippen MR) is 90.2 cm³/mol. The van der Waals surface area contributed by atoms with Gasteiger partial charge < -0.3 is 15.7 Å². The highest BCUT2D eigenvalue weighted by Crippen LogP contribution is 2.23. The maximum atomic E-state index is 13.6. The van der Waals surface area contributed by atoms with E-state index in [2.05, 4.69) is 25.8 Å². The number of hydrogen-bond donors (Lipinski definition) is 4. The van der Waals surface area contributed by atoms with Gasteiger partial charge in [-0.15, -0.1) is 0 Å². The monoisotopic (exact) mass is 341 g/mol. The largest absolute Gasteiger partial charge is 0.386 e. The topological polar surface area (TPSA) is 103 Å². The van der Waals surface area contributed by atoms with Gasteiger partial charge in [0.2, 0.25) is 0 Å². The van der Waals surface area contributed by atoms with Crippen LogP contribution in [0, 0.1) is 5.82 Å². The summed E-state index contributed by atoms with van der Waals surface area (Å²) >= 11 is 0. The summed E-state index contributed by atoms with van der Waals surface area (Å²) in [5, 5.41) is 21.8. The average molecular weight is 341 g/mol. The number of carbonyl (C=O) groups excluding carboxylic acids is 1. The number of carbonyl (C=O) groups is 1. The maximum absolute atomic E-state index is 13.6. The zero-order chi connectivity index (χ0) is 17.6. The molecule has 2 heterocycles. The van der Waals surface area contributed by atoms with Crippen LogP contribution in [0.5, 0.6) is 0 Å². The van der Waals surface area contributed by atoms with Crippen molar-refractivity contribution in [2.45, 2.75) is 6.10 Å². The number of aliphatic hydroxyl groups is 1. The second kappa shape index (κ2) is 7.54. The number of hydrogen-bond acceptors (Lipinski definition) is 4. The van der Waals surface area contributed by atoms with Crippen LogP contribution in [0.15, 0.2) is 54.9 Å². The number of halogens is 1. The van der Waals surface area contributed by atoms with Crippen molar-refractivity contribution in [2.75, 3.05) is 11.9 Å². The quantitative estimate of drug-likeness (QED) is 0.572. The highest BCUT2D eigenvalue weighted by molar-refractivity contribution is 5.92. The molecular formula is C17H16FN5O2. The summed E-state index contributed by atoms with van der Waals surface area (Å²) in [6.45, 7) is -0.135. The maximum Gasteiger partial charge on any atom is 0.319 e. The zero-order valence-corrected chi connectivity index (χ0v) is 13.1. The number of anilines is 1. The predicted octanol–water partition coefficient (Wildman–Crippen LogP) is 2.47. The number of nitrogens with one attached hydrogen (secondary N) is 3. The van der Waals surface area contributed by atoms with Gasteiger partial charge in [-0.05, 0) is 18.2 Å². The van der Waals surface area contributed by atoms with Crippen molar-refractivity contribution < 1.29 is 14.3 Å². The molecule has 0 fully saturated rings.